The van der Waals surface area contributed by atoms with Gasteiger partial charge in [0.2, 0.25) is 17.6 Å². The zero-order chi connectivity index (χ0) is 19.1. The van der Waals surface area contributed by atoms with Gasteiger partial charge in [-0.2, -0.15) is 4.98 Å². The molecule has 0 radical (unpaired) electrons. The van der Waals surface area contributed by atoms with Gasteiger partial charge in [0.1, 0.15) is 0 Å². The summed E-state index contributed by atoms with van der Waals surface area (Å²) in [6.07, 6.45) is 0.629. The van der Waals surface area contributed by atoms with Gasteiger partial charge in [-0.3, -0.25) is 4.79 Å². The van der Waals surface area contributed by atoms with Gasteiger partial charge in [-0.25, -0.2) is 0 Å². The number of ether oxygens (including phenoxy) is 2. The first-order chi connectivity index (χ1) is 13.2. The number of carbonyl (C=O) groups is 1. The van der Waals surface area contributed by atoms with Crippen LogP contribution < -0.4 is 14.8 Å². The molecule has 0 spiro atoms. The minimum atomic E-state index is -0.112. The number of rotatable bonds is 8. The molecule has 1 amide bonds. The minimum Gasteiger partial charge on any atom is -0.493 e. The van der Waals surface area contributed by atoms with Crippen LogP contribution in [-0.4, -0.2) is 30.3 Å². The van der Waals surface area contributed by atoms with Crippen LogP contribution in [0.5, 0.6) is 11.5 Å². The minimum absolute atomic E-state index is 0.112. The molecule has 1 aromatic heterocycles. The Morgan fingerprint density at radius 3 is 2.63 bits per heavy atom. The van der Waals surface area contributed by atoms with Crippen LogP contribution in [0.2, 0.25) is 0 Å². The second-order valence-electron chi connectivity index (χ2n) is 5.81. The third kappa shape index (κ3) is 4.63. The molecule has 0 saturated heterocycles. The van der Waals surface area contributed by atoms with Crippen LogP contribution in [0.3, 0.4) is 0 Å². The Morgan fingerprint density at radius 2 is 1.89 bits per heavy atom. The van der Waals surface area contributed by atoms with E-state index in [1.165, 1.54) is 0 Å². The van der Waals surface area contributed by atoms with Gasteiger partial charge in [0.05, 0.1) is 14.2 Å². The van der Waals surface area contributed by atoms with E-state index in [-0.39, 0.29) is 12.3 Å². The summed E-state index contributed by atoms with van der Waals surface area (Å²) in [5.41, 5.74) is 1.72. The molecule has 0 aliphatic heterocycles. The fraction of sp³-hybridized carbons (Fsp3) is 0.250. The van der Waals surface area contributed by atoms with E-state index in [4.69, 9.17) is 14.0 Å². The van der Waals surface area contributed by atoms with Crippen molar-refractivity contribution in [1.29, 1.82) is 0 Å². The SMILES string of the molecule is COc1cccc(CNC(=O)CCc2nc(-c3ccccc3)no2)c1OC. The van der Waals surface area contributed by atoms with Gasteiger partial charge in [0.25, 0.3) is 0 Å². The lowest BCUT2D eigenvalue weighted by Crippen LogP contribution is -2.23. The number of nitrogens with one attached hydrogen (secondary N) is 1. The lowest BCUT2D eigenvalue weighted by molar-refractivity contribution is -0.121. The first-order valence-electron chi connectivity index (χ1n) is 8.56. The van der Waals surface area contributed by atoms with Gasteiger partial charge >= 0.3 is 0 Å². The largest absolute Gasteiger partial charge is 0.493 e. The normalized spacial score (nSPS) is 10.4. The maximum atomic E-state index is 12.1. The van der Waals surface area contributed by atoms with Gasteiger partial charge in [0, 0.05) is 30.5 Å². The topological polar surface area (TPSA) is 86.5 Å². The maximum absolute atomic E-state index is 12.1. The average molecular weight is 367 g/mol. The summed E-state index contributed by atoms with van der Waals surface area (Å²) in [6, 6.07) is 15.1. The quantitative estimate of drug-likeness (QED) is 0.659. The van der Waals surface area contributed by atoms with E-state index < -0.39 is 0 Å². The first-order valence-corrected chi connectivity index (χ1v) is 8.56. The molecule has 27 heavy (non-hydrogen) atoms. The van der Waals surface area contributed by atoms with E-state index in [1.54, 1.807) is 14.2 Å². The van der Waals surface area contributed by atoms with E-state index in [0.717, 1.165) is 11.1 Å². The number of amides is 1. The van der Waals surface area contributed by atoms with E-state index in [9.17, 15) is 4.79 Å². The molecule has 7 nitrogen and oxygen atoms in total. The number of hydrogen-bond acceptors (Lipinski definition) is 6. The van der Waals surface area contributed by atoms with Crippen LogP contribution in [-0.2, 0) is 17.8 Å². The predicted octanol–water partition coefficient (Wildman–Crippen LogP) is 3.00. The highest BCUT2D eigenvalue weighted by Crippen LogP contribution is 2.30. The molecule has 0 aliphatic rings. The molecule has 0 unspecified atom stereocenters. The van der Waals surface area contributed by atoms with Crippen LogP contribution >= 0.6 is 0 Å². The second kappa shape index (κ2) is 8.84. The smallest absolute Gasteiger partial charge is 0.227 e. The molecule has 1 heterocycles. The van der Waals surface area contributed by atoms with Crippen molar-refractivity contribution in [2.75, 3.05) is 14.2 Å². The third-order valence-corrected chi connectivity index (χ3v) is 4.03. The van der Waals surface area contributed by atoms with Crippen LogP contribution in [0.25, 0.3) is 11.4 Å². The molecule has 7 heteroatoms. The van der Waals surface area contributed by atoms with Crippen molar-refractivity contribution < 1.29 is 18.8 Å². The molecular weight excluding hydrogens is 346 g/mol. The molecule has 1 N–H and O–H groups in total. The highest BCUT2D eigenvalue weighted by molar-refractivity contribution is 5.76. The van der Waals surface area contributed by atoms with E-state index >= 15 is 0 Å². The second-order valence-corrected chi connectivity index (χ2v) is 5.81. The molecule has 2 aromatic carbocycles. The number of methoxy groups -OCH3 is 2. The van der Waals surface area contributed by atoms with Crippen LogP contribution in [0.1, 0.15) is 17.9 Å². The Hall–Kier alpha value is -3.35. The number of nitrogens with zero attached hydrogens (tertiary/aromatic N) is 2. The first kappa shape index (κ1) is 18.4. The Bertz CT molecular complexity index is 893. The maximum Gasteiger partial charge on any atom is 0.227 e. The summed E-state index contributed by atoms with van der Waals surface area (Å²) >= 11 is 0. The fourth-order valence-electron chi connectivity index (χ4n) is 2.66. The van der Waals surface area contributed by atoms with Crippen molar-refractivity contribution >= 4 is 5.91 Å². The lowest BCUT2D eigenvalue weighted by atomic mass is 10.1. The Labute approximate surface area is 157 Å². The molecule has 3 aromatic rings. The molecule has 0 aliphatic carbocycles. The van der Waals surface area contributed by atoms with Gasteiger partial charge in [-0.1, -0.05) is 47.6 Å². The van der Waals surface area contributed by atoms with E-state index in [0.29, 0.717) is 36.2 Å². The summed E-state index contributed by atoms with van der Waals surface area (Å²) in [5, 5.41) is 6.82. The zero-order valence-corrected chi connectivity index (χ0v) is 15.3. The molecule has 3 rings (SSSR count). The van der Waals surface area contributed by atoms with E-state index in [2.05, 4.69) is 15.5 Å². The number of hydrogen-bond donors (Lipinski definition) is 1. The molecule has 0 fully saturated rings. The van der Waals surface area contributed by atoms with Crippen molar-refractivity contribution in [2.24, 2.45) is 0 Å². The van der Waals surface area contributed by atoms with Crippen LogP contribution in [0.4, 0.5) is 0 Å². The highest BCUT2D eigenvalue weighted by atomic mass is 16.5. The Kier molecular flexibility index (Phi) is 6.04. The molecule has 0 atom stereocenters. The number of para-hydroxylation sites is 1. The van der Waals surface area contributed by atoms with Crippen molar-refractivity contribution in [1.82, 2.24) is 15.5 Å². The Morgan fingerprint density at radius 1 is 1.07 bits per heavy atom. The molecule has 0 bridgehead atoms. The monoisotopic (exact) mass is 367 g/mol. The van der Waals surface area contributed by atoms with Crippen molar-refractivity contribution in [2.45, 2.75) is 19.4 Å². The fourth-order valence-corrected chi connectivity index (χ4v) is 2.66. The van der Waals surface area contributed by atoms with Gasteiger partial charge in [-0.05, 0) is 6.07 Å². The zero-order valence-electron chi connectivity index (χ0n) is 15.3. The number of benzene rings is 2. The average Bonchev–Trinajstić information content (AvgIpc) is 3.20. The summed E-state index contributed by atoms with van der Waals surface area (Å²) in [5.74, 6) is 2.09. The summed E-state index contributed by atoms with van der Waals surface area (Å²) in [6.45, 7) is 0.346. The third-order valence-electron chi connectivity index (χ3n) is 4.03. The number of aryl methyl sites for hydroxylation is 1. The molecular formula is C20H21N3O4. The van der Waals surface area contributed by atoms with Gasteiger partial charge in [-0.15, -0.1) is 0 Å². The number of aromatic nitrogens is 2. The van der Waals surface area contributed by atoms with Gasteiger partial charge < -0.3 is 19.3 Å². The lowest BCUT2D eigenvalue weighted by Gasteiger charge is -2.13. The molecule has 140 valence electrons. The number of carbonyl (C=O) groups excluding carboxylic acids is 1. The van der Waals surface area contributed by atoms with Crippen LogP contribution in [0, 0.1) is 0 Å². The summed E-state index contributed by atoms with van der Waals surface area (Å²) in [4.78, 5) is 16.5. The highest BCUT2D eigenvalue weighted by Gasteiger charge is 2.13. The van der Waals surface area contributed by atoms with Crippen LogP contribution in [0.15, 0.2) is 53.1 Å². The predicted molar refractivity (Wildman–Crippen MR) is 99.4 cm³/mol. The van der Waals surface area contributed by atoms with Crippen molar-refractivity contribution in [3.63, 3.8) is 0 Å². The van der Waals surface area contributed by atoms with E-state index in [1.807, 2.05) is 48.5 Å². The summed E-state index contributed by atoms with van der Waals surface area (Å²) in [7, 11) is 3.15. The molecule has 0 saturated carbocycles. The summed E-state index contributed by atoms with van der Waals surface area (Å²) < 4.78 is 15.8. The Balaban J connectivity index is 1.53. The standard InChI is InChI=1S/C20H21N3O4/c1-25-16-10-6-9-15(19(16)26-2)13-21-17(24)11-12-18-22-20(23-27-18)14-7-4-3-5-8-14/h3-10H,11-13H2,1-2H3,(H,21,24). The van der Waals surface area contributed by atoms with Crippen molar-refractivity contribution in [3.05, 3.63) is 60.0 Å². The van der Waals surface area contributed by atoms with Gasteiger partial charge in [0.15, 0.2) is 11.5 Å². The van der Waals surface area contributed by atoms with Crippen molar-refractivity contribution in [3.8, 4) is 22.9 Å².